The van der Waals surface area contributed by atoms with Crippen molar-refractivity contribution in [2.45, 2.75) is 82.3 Å². The number of aliphatic carboxylic acids is 6. The van der Waals surface area contributed by atoms with Gasteiger partial charge in [-0.1, -0.05) is 36.4 Å². The Morgan fingerprint density at radius 1 is 0.579 bits per heavy atom. The SMILES string of the molecule is COc1c(C[C@@H](NC(=O)C2CCC(CNC(=O)CN3CCN(CC(=O)O)CCN(CC(=O)O)CCN(CC(=O)O)CC3)CC2)C(=O)NCCCC[C@H](NC(=O)N[C@@H](CCC(=O)O)C(=O)O)C(=O)O)ccc2ccccc12. The number of nitrogens with zero attached hydrogens (tertiary/aromatic N) is 4. The second kappa shape index (κ2) is 31.7. The fourth-order valence-electron chi connectivity index (χ4n) is 9.29. The molecule has 0 unspecified atom stereocenters. The Morgan fingerprint density at radius 3 is 1.59 bits per heavy atom. The van der Waals surface area contributed by atoms with Crippen LogP contribution < -0.4 is 31.3 Å². The summed E-state index contributed by atoms with van der Waals surface area (Å²) in [6, 6.07) is 6.12. The van der Waals surface area contributed by atoms with Gasteiger partial charge in [0.2, 0.25) is 17.7 Å². The van der Waals surface area contributed by atoms with Crippen LogP contribution in [0.5, 0.6) is 5.75 Å². The number of carboxylic acid groups (broad SMARTS) is 6. The third kappa shape index (κ3) is 22.0. The van der Waals surface area contributed by atoms with Gasteiger partial charge in [-0.15, -0.1) is 0 Å². The molecule has 2 aliphatic rings. The van der Waals surface area contributed by atoms with Gasteiger partial charge in [0.25, 0.3) is 0 Å². The van der Waals surface area contributed by atoms with Crippen molar-refractivity contribution in [3.8, 4) is 5.75 Å². The van der Waals surface area contributed by atoms with Gasteiger partial charge >= 0.3 is 41.8 Å². The molecule has 2 fully saturated rings. The normalized spacial score (nSPS) is 18.5. The average molecular weight is 1070 g/mol. The largest absolute Gasteiger partial charge is 0.496 e. The first-order valence-corrected chi connectivity index (χ1v) is 25.4. The summed E-state index contributed by atoms with van der Waals surface area (Å²) in [4.78, 5) is 130. The zero-order chi connectivity index (χ0) is 55.7. The molecule has 2 aromatic carbocycles. The standard InChI is InChI=1S/C50H73N9O17/c1-76-45-35(14-13-33-6-2-3-7-36(33)45)26-39(47(70)51-17-5-4-8-37(48(71)72)54-50(75)55-38(49(73)74)15-16-41(61)62)53-46(69)34-11-9-32(10-12-34)27-52-40(60)28-56-18-20-57(29-42(63)64)22-24-59(31-44(67)68)25-23-58(21-19-56)30-43(65)66/h2-3,6-7,13-14,32,34,37-39H,4-5,8-12,15-31H2,1H3,(H,51,70)(H,52,60)(H,53,69)(H,61,62)(H,63,64)(H,65,66)(H,67,68)(H,71,72)(H,73,74)(H2,54,55,75)/t32?,34?,37-,38-,39+/m0/s1. The summed E-state index contributed by atoms with van der Waals surface area (Å²) in [5, 5.41) is 71.2. The molecule has 26 heteroatoms. The monoisotopic (exact) mass is 1070 g/mol. The fourth-order valence-corrected chi connectivity index (χ4v) is 9.29. The second-order valence-corrected chi connectivity index (χ2v) is 19.2. The molecule has 1 heterocycles. The Bertz CT molecular complexity index is 2300. The summed E-state index contributed by atoms with van der Waals surface area (Å²) >= 11 is 0. The molecule has 5 amide bonds. The van der Waals surface area contributed by atoms with Crippen LogP contribution in [0.25, 0.3) is 10.8 Å². The molecular weight excluding hydrogens is 999 g/mol. The van der Waals surface area contributed by atoms with E-state index in [1.165, 1.54) is 7.11 Å². The predicted molar refractivity (Wildman–Crippen MR) is 272 cm³/mol. The molecule has 0 aromatic heterocycles. The Labute approximate surface area is 439 Å². The van der Waals surface area contributed by atoms with Gasteiger partial charge in [-0.3, -0.25) is 53.2 Å². The van der Waals surface area contributed by atoms with Gasteiger partial charge in [0, 0.05) is 89.6 Å². The van der Waals surface area contributed by atoms with E-state index in [-0.39, 0.29) is 115 Å². The molecule has 2 aromatic rings. The number of hydrogen-bond donors (Lipinski definition) is 11. The molecule has 0 radical (unpaired) electrons. The van der Waals surface area contributed by atoms with Crippen molar-refractivity contribution in [2.24, 2.45) is 11.8 Å². The lowest BCUT2D eigenvalue weighted by atomic mass is 9.81. The topological polar surface area (TPSA) is 374 Å². The van der Waals surface area contributed by atoms with Crippen molar-refractivity contribution in [2.75, 3.05) is 98.7 Å². The van der Waals surface area contributed by atoms with Crippen LogP contribution in [0.3, 0.4) is 0 Å². The smallest absolute Gasteiger partial charge is 0.326 e. The van der Waals surface area contributed by atoms with Gasteiger partial charge in [0.1, 0.15) is 23.9 Å². The molecule has 1 aliphatic carbocycles. The second-order valence-electron chi connectivity index (χ2n) is 19.2. The highest BCUT2D eigenvalue weighted by Gasteiger charge is 2.32. The molecule has 4 rings (SSSR count). The van der Waals surface area contributed by atoms with Gasteiger partial charge in [0.05, 0.1) is 33.3 Å². The van der Waals surface area contributed by atoms with Crippen LogP contribution >= 0.6 is 0 Å². The highest BCUT2D eigenvalue weighted by Crippen LogP contribution is 2.32. The van der Waals surface area contributed by atoms with Crippen molar-refractivity contribution in [3.05, 3.63) is 42.0 Å². The molecule has 1 saturated carbocycles. The Kier molecular flexibility index (Phi) is 25.6. The number of urea groups is 1. The van der Waals surface area contributed by atoms with Gasteiger partial charge < -0.3 is 62.0 Å². The van der Waals surface area contributed by atoms with Crippen LogP contribution in [0.2, 0.25) is 0 Å². The van der Waals surface area contributed by atoms with Gasteiger partial charge in [0.15, 0.2) is 0 Å². The molecule has 11 N–H and O–H groups in total. The predicted octanol–water partition coefficient (Wildman–Crippen LogP) is -0.369. The van der Waals surface area contributed by atoms with E-state index in [2.05, 4.69) is 26.6 Å². The van der Waals surface area contributed by atoms with Crippen LogP contribution in [0.1, 0.15) is 63.4 Å². The highest BCUT2D eigenvalue weighted by atomic mass is 16.5. The number of nitrogens with one attached hydrogen (secondary N) is 5. The lowest BCUT2D eigenvalue weighted by Gasteiger charge is -2.33. The van der Waals surface area contributed by atoms with E-state index >= 15 is 0 Å². The number of hydrogen-bond acceptors (Lipinski definition) is 15. The van der Waals surface area contributed by atoms with Crippen molar-refractivity contribution in [1.29, 1.82) is 0 Å². The first-order chi connectivity index (χ1) is 36.2. The maximum Gasteiger partial charge on any atom is 0.326 e. The first kappa shape index (κ1) is 61.4. The zero-order valence-corrected chi connectivity index (χ0v) is 42.8. The van der Waals surface area contributed by atoms with E-state index in [0.717, 1.165) is 10.8 Å². The third-order valence-electron chi connectivity index (χ3n) is 13.5. The van der Waals surface area contributed by atoms with Crippen LogP contribution in [-0.2, 0) is 49.6 Å². The number of rotatable bonds is 28. The molecule has 76 heavy (non-hydrogen) atoms. The summed E-state index contributed by atoms with van der Waals surface area (Å²) in [6.07, 6.45) is 1.64. The number of carbonyl (C=O) groups is 10. The van der Waals surface area contributed by atoms with Crippen molar-refractivity contribution < 1.29 is 83.3 Å². The van der Waals surface area contributed by atoms with Gasteiger partial charge in [-0.2, -0.15) is 0 Å². The van der Waals surface area contributed by atoms with Crippen molar-refractivity contribution >= 4 is 70.3 Å². The average Bonchev–Trinajstić information content (AvgIpc) is 3.36. The minimum atomic E-state index is -1.56. The molecule has 1 aliphatic heterocycles. The molecule has 1 saturated heterocycles. The zero-order valence-electron chi connectivity index (χ0n) is 42.8. The number of unbranched alkanes of at least 4 members (excludes halogenated alkanes) is 1. The highest BCUT2D eigenvalue weighted by molar-refractivity contribution is 5.92. The van der Waals surface area contributed by atoms with Crippen molar-refractivity contribution in [3.63, 3.8) is 0 Å². The van der Waals surface area contributed by atoms with Gasteiger partial charge in [-0.25, -0.2) is 14.4 Å². The number of carbonyl (C=O) groups excluding carboxylic acids is 4. The molecular formula is C50H73N9O17. The van der Waals surface area contributed by atoms with Crippen molar-refractivity contribution in [1.82, 2.24) is 46.2 Å². The van der Waals surface area contributed by atoms with Gasteiger partial charge in [-0.05, 0) is 68.2 Å². The summed E-state index contributed by atoms with van der Waals surface area (Å²) in [7, 11) is 1.52. The molecule has 3 atom stereocenters. The lowest BCUT2D eigenvalue weighted by Crippen LogP contribution is -2.51. The Hall–Kier alpha value is -7.16. The number of benzene rings is 2. The van der Waals surface area contributed by atoms with E-state index in [9.17, 15) is 73.5 Å². The number of methoxy groups -OCH3 is 1. The number of ether oxygens (including phenoxy) is 1. The third-order valence-corrected chi connectivity index (χ3v) is 13.5. The molecule has 420 valence electrons. The summed E-state index contributed by atoms with van der Waals surface area (Å²) in [5.41, 5.74) is 0.662. The first-order valence-electron chi connectivity index (χ1n) is 25.4. The quantitative estimate of drug-likeness (QED) is 0.0484. The maximum absolute atomic E-state index is 14.0. The number of fused-ring (bicyclic) bond motifs is 1. The van der Waals surface area contributed by atoms with E-state index in [4.69, 9.17) is 9.84 Å². The fraction of sp³-hybridized carbons (Fsp3) is 0.600. The van der Waals surface area contributed by atoms with Crippen LogP contribution in [0.15, 0.2) is 36.4 Å². The minimum absolute atomic E-state index is 0.0374. The molecule has 0 spiro atoms. The molecule has 0 bridgehead atoms. The van der Waals surface area contributed by atoms with E-state index < -0.39 is 84.6 Å². The van der Waals surface area contributed by atoms with E-state index in [1.54, 1.807) is 14.7 Å². The number of amides is 5. The number of carboxylic acids is 6. The van der Waals surface area contributed by atoms with E-state index in [1.807, 2.05) is 41.3 Å². The molecule has 26 nitrogen and oxygen atoms in total. The minimum Gasteiger partial charge on any atom is -0.496 e. The summed E-state index contributed by atoms with van der Waals surface area (Å²) < 4.78 is 5.79. The lowest BCUT2D eigenvalue weighted by molar-refractivity contribution is -0.141. The summed E-state index contributed by atoms with van der Waals surface area (Å²) in [6.45, 7) is 1.61. The van der Waals surface area contributed by atoms with Crippen LogP contribution in [-0.4, -0.2) is 227 Å². The van der Waals surface area contributed by atoms with Crippen LogP contribution in [0.4, 0.5) is 4.79 Å². The Morgan fingerprint density at radius 2 is 1.09 bits per heavy atom. The van der Waals surface area contributed by atoms with Crippen LogP contribution in [0, 0.1) is 11.8 Å². The van der Waals surface area contributed by atoms with E-state index in [0.29, 0.717) is 56.6 Å². The summed E-state index contributed by atoms with van der Waals surface area (Å²) in [5.74, 6) is -8.30. The maximum atomic E-state index is 14.0. The Balaban J connectivity index is 1.33.